The smallest absolute Gasteiger partial charge is 0.134 e. The Morgan fingerprint density at radius 3 is 2.58 bits per heavy atom. The maximum atomic E-state index is 6.22. The average molecular weight is 261 g/mol. The number of hydrogen-bond donors (Lipinski definition) is 1. The van der Waals surface area contributed by atoms with Crippen molar-refractivity contribution in [2.45, 2.75) is 6.04 Å². The Bertz CT molecular complexity index is 488. The van der Waals surface area contributed by atoms with E-state index >= 15 is 0 Å². The monoisotopic (exact) mass is 261 g/mol. The number of para-hydroxylation sites is 1. The molecule has 1 unspecified atom stereocenters. The Hall–Kier alpha value is -1.36. The first-order valence-electron chi connectivity index (χ1n) is 6.63. The highest BCUT2D eigenvalue weighted by atomic mass is 16.3. The first-order chi connectivity index (χ1) is 9.06. The summed E-state index contributed by atoms with van der Waals surface area (Å²) < 4.78 is 5.79. The largest absolute Gasteiger partial charge is 0.459 e. The van der Waals surface area contributed by atoms with Crippen LogP contribution in [0.15, 0.2) is 34.7 Å². The summed E-state index contributed by atoms with van der Waals surface area (Å²) in [6, 6.07) is 9.96. The van der Waals surface area contributed by atoms with E-state index in [0.29, 0.717) is 0 Å². The van der Waals surface area contributed by atoms with E-state index in [1.165, 1.54) is 0 Å². The molecule has 0 amide bonds. The number of likely N-dealkylation sites (N-methyl/N-ethyl adjacent to an activating group) is 2. The third-order valence-electron chi connectivity index (χ3n) is 3.25. The minimum Gasteiger partial charge on any atom is -0.459 e. The standard InChI is InChI=1S/C15H23N3O/c1-17(2)8-9-18(3)11-13(16)15-10-12-6-4-5-7-14(12)19-15/h4-7,10,13H,8-9,11,16H2,1-3H3. The highest BCUT2D eigenvalue weighted by Gasteiger charge is 2.14. The van der Waals surface area contributed by atoms with Crippen LogP contribution in [0.5, 0.6) is 0 Å². The molecule has 0 radical (unpaired) electrons. The van der Waals surface area contributed by atoms with Gasteiger partial charge in [0, 0.05) is 25.0 Å². The first kappa shape index (κ1) is 14.1. The Balaban J connectivity index is 1.97. The molecule has 2 rings (SSSR count). The van der Waals surface area contributed by atoms with Gasteiger partial charge in [0.2, 0.25) is 0 Å². The molecule has 2 aromatic rings. The van der Waals surface area contributed by atoms with Crippen LogP contribution >= 0.6 is 0 Å². The number of rotatable bonds is 6. The van der Waals surface area contributed by atoms with E-state index < -0.39 is 0 Å². The molecule has 1 aromatic heterocycles. The molecular formula is C15H23N3O. The second-order valence-corrected chi connectivity index (χ2v) is 5.36. The Morgan fingerprint density at radius 2 is 1.89 bits per heavy atom. The van der Waals surface area contributed by atoms with Crippen molar-refractivity contribution in [2.75, 3.05) is 40.8 Å². The molecule has 4 nitrogen and oxygen atoms in total. The van der Waals surface area contributed by atoms with Crippen molar-refractivity contribution in [3.8, 4) is 0 Å². The molecule has 4 heteroatoms. The third kappa shape index (κ3) is 3.80. The zero-order chi connectivity index (χ0) is 13.8. The minimum absolute atomic E-state index is 0.0837. The SMILES string of the molecule is CN(C)CCN(C)CC(N)c1cc2ccccc2o1. The van der Waals surface area contributed by atoms with Crippen molar-refractivity contribution in [2.24, 2.45) is 5.73 Å². The molecule has 1 atom stereocenters. The van der Waals surface area contributed by atoms with Crippen molar-refractivity contribution in [1.29, 1.82) is 0 Å². The number of benzene rings is 1. The van der Waals surface area contributed by atoms with E-state index in [-0.39, 0.29) is 6.04 Å². The Morgan fingerprint density at radius 1 is 1.16 bits per heavy atom. The zero-order valence-electron chi connectivity index (χ0n) is 12.0. The molecule has 0 spiro atoms. The van der Waals surface area contributed by atoms with Gasteiger partial charge in [0.15, 0.2) is 0 Å². The van der Waals surface area contributed by atoms with Gasteiger partial charge in [0.05, 0.1) is 6.04 Å². The summed E-state index contributed by atoms with van der Waals surface area (Å²) in [4.78, 5) is 4.40. The average Bonchev–Trinajstić information content (AvgIpc) is 2.80. The number of nitrogens with two attached hydrogens (primary N) is 1. The summed E-state index contributed by atoms with van der Waals surface area (Å²) in [5.74, 6) is 0.859. The van der Waals surface area contributed by atoms with Crippen LogP contribution < -0.4 is 5.73 Å². The lowest BCUT2D eigenvalue weighted by Crippen LogP contribution is -2.34. The molecule has 1 aromatic carbocycles. The first-order valence-corrected chi connectivity index (χ1v) is 6.63. The van der Waals surface area contributed by atoms with Crippen LogP contribution in [0.3, 0.4) is 0 Å². The highest BCUT2D eigenvalue weighted by molar-refractivity contribution is 5.77. The second kappa shape index (κ2) is 6.19. The third-order valence-corrected chi connectivity index (χ3v) is 3.25. The second-order valence-electron chi connectivity index (χ2n) is 5.36. The lowest BCUT2D eigenvalue weighted by Gasteiger charge is -2.21. The van der Waals surface area contributed by atoms with Crippen LogP contribution in [0.4, 0.5) is 0 Å². The topological polar surface area (TPSA) is 45.6 Å². The molecule has 19 heavy (non-hydrogen) atoms. The summed E-state index contributed by atoms with van der Waals surface area (Å²) in [6.07, 6.45) is 0. The molecule has 0 saturated carbocycles. The molecule has 0 fully saturated rings. The van der Waals surface area contributed by atoms with E-state index in [1.807, 2.05) is 30.3 Å². The predicted octanol–water partition coefficient (Wildman–Crippen LogP) is 1.93. The van der Waals surface area contributed by atoms with Crippen LogP contribution in [-0.2, 0) is 0 Å². The van der Waals surface area contributed by atoms with Gasteiger partial charge in [-0.05, 0) is 33.3 Å². The summed E-state index contributed by atoms with van der Waals surface area (Å²) in [7, 11) is 6.24. The molecule has 2 N–H and O–H groups in total. The van der Waals surface area contributed by atoms with Gasteiger partial charge in [0.1, 0.15) is 11.3 Å². The van der Waals surface area contributed by atoms with Gasteiger partial charge in [-0.3, -0.25) is 0 Å². The van der Waals surface area contributed by atoms with Gasteiger partial charge in [-0.1, -0.05) is 18.2 Å². The van der Waals surface area contributed by atoms with Crippen molar-refractivity contribution < 1.29 is 4.42 Å². The van der Waals surface area contributed by atoms with E-state index in [4.69, 9.17) is 10.2 Å². The number of hydrogen-bond acceptors (Lipinski definition) is 4. The van der Waals surface area contributed by atoms with Crippen molar-refractivity contribution in [1.82, 2.24) is 9.80 Å². The van der Waals surface area contributed by atoms with Gasteiger partial charge in [-0.25, -0.2) is 0 Å². The van der Waals surface area contributed by atoms with E-state index in [0.717, 1.165) is 36.4 Å². The molecule has 0 bridgehead atoms. The van der Waals surface area contributed by atoms with Gasteiger partial charge in [-0.15, -0.1) is 0 Å². The maximum Gasteiger partial charge on any atom is 0.134 e. The molecule has 0 saturated heterocycles. The normalized spacial score (nSPS) is 13.6. The zero-order valence-corrected chi connectivity index (χ0v) is 12.0. The van der Waals surface area contributed by atoms with E-state index in [9.17, 15) is 0 Å². The van der Waals surface area contributed by atoms with E-state index in [1.54, 1.807) is 0 Å². The number of furan rings is 1. The summed E-state index contributed by atoms with van der Waals surface area (Å²) in [6.45, 7) is 2.83. The molecule has 104 valence electrons. The fourth-order valence-electron chi connectivity index (χ4n) is 2.07. The number of nitrogens with zero attached hydrogens (tertiary/aromatic N) is 2. The lowest BCUT2D eigenvalue weighted by atomic mass is 10.2. The molecular weight excluding hydrogens is 238 g/mol. The van der Waals surface area contributed by atoms with Gasteiger partial charge in [0.25, 0.3) is 0 Å². The Labute approximate surface area is 114 Å². The fraction of sp³-hybridized carbons (Fsp3) is 0.467. The van der Waals surface area contributed by atoms with Gasteiger partial charge >= 0.3 is 0 Å². The van der Waals surface area contributed by atoms with E-state index in [2.05, 4.69) is 30.9 Å². The van der Waals surface area contributed by atoms with Crippen molar-refractivity contribution in [3.05, 3.63) is 36.1 Å². The van der Waals surface area contributed by atoms with Crippen LogP contribution in [0.2, 0.25) is 0 Å². The van der Waals surface area contributed by atoms with Crippen LogP contribution in [0, 0.1) is 0 Å². The lowest BCUT2D eigenvalue weighted by molar-refractivity contribution is 0.261. The summed E-state index contributed by atoms with van der Waals surface area (Å²) in [5, 5.41) is 1.11. The summed E-state index contributed by atoms with van der Waals surface area (Å²) in [5.41, 5.74) is 7.12. The maximum absolute atomic E-state index is 6.22. The number of fused-ring (bicyclic) bond motifs is 1. The van der Waals surface area contributed by atoms with Crippen molar-refractivity contribution >= 4 is 11.0 Å². The summed E-state index contributed by atoms with van der Waals surface area (Å²) >= 11 is 0. The minimum atomic E-state index is -0.0837. The molecule has 1 heterocycles. The molecule has 0 aliphatic carbocycles. The highest BCUT2D eigenvalue weighted by Crippen LogP contribution is 2.22. The predicted molar refractivity (Wildman–Crippen MR) is 79.2 cm³/mol. The van der Waals surface area contributed by atoms with Gasteiger partial charge < -0.3 is 20.0 Å². The quantitative estimate of drug-likeness (QED) is 0.863. The van der Waals surface area contributed by atoms with Crippen LogP contribution in [0.1, 0.15) is 11.8 Å². The molecule has 0 aliphatic rings. The Kier molecular flexibility index (Phi) is 4.58. The van der Waals surface area contributed by atoms with Gasteiger partial charge in [-0.2, -0.15) is 0 Å². The van der Waals surface area contributed by atoms with Crippen LogP contribution in [0.25, 0.3) is 11.0 Å². The van der Waals surface area contributed by atoms with Crippen LogP contribution in [-0.4, -0.2) is 50.6 Å². The fourth-order valence-corrected chi connectivity index (χ4v) is 2.07. The van der Waals surface area contributed by atoms with Crippen molar-refractivity contribution in [3.63, 3.8) is 0 Å². The molecule has 0 aliphatic heterocycles.